The van der Waals surface area contributed by atoms with Crippen LogP contribution in [-0.2, 0) is 11.2 Å². The number of halogens is 1. The van der Waals surface area contributed by atoms with Crippen LogP contribution in [0.4, 0.5) is 0 Å². The van der Waals surface area contributed by atoms with Crippen LogP contribution in [0.2, 0.25) is 0 Å². The van der Waals surface area contributed by atoms with Gasteiger partial charge in [-0.2, -0.15) is 0 Å². The topological polar surface area (TPSA) is 41.6 Å². The second-order valence-corrected chi connectivity index (χ2v) is 6.66. The lowest BCUT2D eigenvalue weighted by molar-refractivity contribution is -0.122. The molecule has 2 saturated heterocycles. The number of amides is 1. The predicted molar refractivity (Wildman–Crippen MR) is 78.6 cm³/mol. The first-order valence-electron chi connectivity index (χ1n) is 7.25. The number of hydrogen-bond acceptors (Lipinski definition) is 3. The molecule has 3 heterocycles. The minimum Gasteiger partial charge on any atom is -0.493 e. The van der Waals surface area contributed by atoms with E-state index in [1.165, 1.54) is 12.0 Å². The van der Waals surface area contributed by atoms with E-state index in [-0.39, 0.29) is 18.1 Å². The summed E-state index contributed by atoms with van der Waals surface area (Å²) in [5, 5.41) is 3.16. The number of benzene rings is 1. The monoisotopic (exact) mass is 336 g/mol. The summed E-state index contributed by atoms with van der Waals surface area (Å²) >= 11 is 3.58. The highest BCUT2D eigenvalue weighted by Gasteiger charge is 2.43. The Labute approximate surface area is 126 Å². The molecule has 0 bridgehead atoms. The van der Waals surface area contributed by atoms with Crippen LogP contribution in [0.1, 0.15) is 36.6 Å². The van der Waals surface area contributed by atoms with Crippen LogP contribution in [0.5, 0.6) is 5.75 Å². The van der Waals surface area contributed by atoms with Gasteiger partial charge in [-0.25, -0.2) is 0 Å². The van der Waals surface area contributed by atoms with Gasteiger partial charge in [0.05, 0.1) is 12.6 Å². The molecule has 106 valence electrons. The molecule has 0 aliphatic carbocycles. The van der Waals surface area contributed by atoms with Gasteiger partial charge in [-0.15, -0.1) is 0 Å². The SMILES string of the molecule is O=C1NC(c2cc(Br)cc3c2OCC3)N2CCCCC12. The first-order valence-corrected chi connectivity index (χ1v) is 8.04. The van der Waals surface area contributed by atoms with Gasteiger partial charge in [0.25, 0.3) is 0 Å². The first-order chi connectivity index (χ1) is 9.74. The minimum absolute atomic E-state index is 0.0304. The van der Waals surface area contributed by atoms with E-state index in [0.717, 1.165) is 48.2 Å². The molecule has 0 radical (unpaired) electrons. The van der Waals surface area contributed by atoms with Gasteiger partial charge in [0.2, 0.25) is 5.91 Å². The van der Waals surface area contributed by atoms with Crippen molar-refractivity contribution in [3.63, 3.8) is 0 Å². The molecule has 20 heavy (non-hydrogen) atoms. The lowest BCUT2D eigenvalue weighted by Crippen LogP contribution is -2.38. The highest BCUT2D eigenvalue weighted by atomic mass is 79.9. The number of carbonyl (C=O) groups excluding carboxylic acids is 1. The maximum atomic E-state index is 12.2. The maximum absolute atomic E-state index is 12.2. The largest absolute Gasteiger partial charge is 0.493 e. The molecule has 2 unspecified atom stereocenters. The third-order valence-electron chi connectivity index (χ3n) is 4.53. The molecule has 3 aliphatic rings. The van der Waals surface area contributed by atoms with Crippen LogP contribution in [-0.4, -0.2) is 30.0 Å². The van der Waals surface area contributed by atoms with Gasteiger partial charge in [0.1, 0.15) is 11.9 Å². The first kappa shape index (κ1) is 12.7. The highest BCUT2D eigenvalue weighted by Crippen LogP contribution is 2.41. The normalized spacial score (nSPS) is 28.8. The number of nitrogens with zero attached hydrogens (tertiary/aromatic N) is 1. The molecule has 0 spiro atoms. The van der Waals surface area contributed by atoms with Crippen LogP contribution in [0.25, 0.3) is 0 Å². The van der Waals surface area contributed by atoms with E-state index in [9.17, 15) is 4.79 Å². The Hall–Kier alpha value is -1.07. The molecule has 3 aliphatic heterocycles. The van der Waals surface area contributed by atoms with Crippen molar-refractivity contribution in [1.82, 2.24) is 10.2 Å². The van der Waals surface area contributed by atoms with Crippen molar-refractivity contribution in [2.24, 2.45) is 0 Å². The summed E-state index contributed by atoms with van der Waals surface area (Å²) in [4.78, 5) is 14.5. The molecule has 4 rings (SSSR count). The summed E-state index contributed by atoms with van der Waals surface area (Å²) in [5.74, 6) is 1.14. The van der Waals surface area contributed by atoms with E-state index in [1.807, 2.05) is 0 Å². The molecule has 1 amide bonds. The smallest absolute Gasteiger partial charge is 0.238 e. The zero-order chi connectivity index (χ0) is 13.7. The Morgan fingerprint density at radius 1 is 1.35 bits per heavy atom. The number of rotatable bonds is 1. The molecule has 1 aromatic rings. The second-order valence-electron chi connectivity index (χ2n) is 5.74. The Kier molecular flexibility index (Phi) is 3.00. The number of ether oxygens (including phenoxy) is 1. The Bertz CT molecular complexity index is 575. The Morgan fingerprint density at radius 3 is 3.15 bits per heavy atom. The predicted octanol–water partition coefficient (Wildman–Crippen LogP) is 2.37. The molecule has 1 N–H and O–H groups in total. The number of nitrogens with one attached hydrogen (secondary N) is 1. The lowest BCUT2D eigenvalue weighted by Gasteiger charge is -2.32. The number of hydrogen-bond donors (Lipinski definition) is 1. The van der Waals surface area contributed by atoms with Gasteiger partial charge in [-0.05, 0) is 30.5 Å². The number of fused-ring (bicyclic) bond motifs is 2. The van der Waals surface area contributed by atoms with E-state index in [2.05, 4.69) is 38.3 Å². The maximum Gasteiger partial charge on any atom is 0.238 e. The van der Waals surface area contributed by atoms with E-state index in [4.69, 9.17) is 4.74 Å². The van der Waals surface area contributed by atoms with Crippen molar-refractivity contribution in [2.45, 2.75) is 37.9 Å². The lowest BCUT2D eigenvalue weighted by atomic mass is 10.0. The van der Waals surface area contributed by atoms with Gasteiger partial charge in [0.15, 0.2) is 0 Å². The van der Waals surface area contributed by atoms with E-state index < -0.39 is 0 Å². The molecule has 4 nitrogen and oxygen atoms in total. The number of carbonyl (C=O) groups is 1. The standard InChI is InChI=1S/C15H17BrN2O2/c16-10-7-9-4-6-20-13(9)11(8-10)14-17-15(19)12-3-1-2-5-18(12)14/h7-8,12,14H,1-6H2,(H,17,19). The fraction of sp³-hybridized carbons (Fsp3) is 0.533. The van der Waals surface area contributed by atoms with Crippen molar-refractivity contribution < 1.29 is 9.53 Å². The Balaban J connectivity index is 1.76. The van der Waals surface area contributed by atoms with Crippen molar-refractivity contribution in [2.75, 3.05) is 13.2 Å². The minimum atomic E-state index is -0.0304. The average Bonchev–Trinajstić information content (AvgIpc) is 3.03. The van der Waals surface area contributed by atoms with Gasteiger partial charge in [-0.3, -0.25) is 9.69 Å². The third kappa shape index (κ3) is 1.87. The average molecular weight is 337 g/mol. The van der Waals surface area contributed by atoms with Crippen LogP contribution in [0, 0.1) is 0 Å². The van der Waals surface area contributed by atoms with Crippen molar-refractivity contribution >= 4 is 21.8 Å². The molecular weight excluding hydrogens is 320 g/mol. The zero-order valence-electron chi connectivity index (χ0n) is 11.2. The summed E-state index contributed by atoms with van der Waals surface area (Å²) < 4.78 is 6.87. The van der Waals surface area contributed by atoms with Gasteiger partial charge < -0.3 is 10.1 Å². The van der Waals surface area contributed by atoms with E-state index in [0.29, 0.717) is 0 Å². The molecule has 1 aromatic carbocycles. The summed E-state index contributed by atoms with van der Waals surface area (Å²) in [5.41, 5.74) is 2.34. The summed E-state index contributed by atoms with van der Waals surface area (Å²) in [7, 11) is 0. The van der Waals surface area contributed by atoms with Crippen LogP contribution in [0.15, 0.2) is 16.6 Å². The zero-order valence-corrected chi connectivity index (χ0v) is 12.8. The summed E-state index contributed by atoms with van der Waals surface area (Å²) in [6, 6.07) is 4.26. The highest BCUT2D eigenvalue weighted by molar-refractivity contribution is 9.10. The molecule has 2 fully saturated rings. The molecule has 5 heteroatoms. The molecule has 2 atom stereocenters. The van der Waals surface area contributed by atoms with E-state index >= 15 is 0 Å². The van der Waals surface area contributed by atoms with Crippen LogP contribution < -0.4 is 10.1 Å². The Morgan fingerprint density at radius 2 is 2.25 bits per heavy atom. The van der Waals surface area contributed by atoms with Crippen molar-refractivity contribution in [3.8, 4) is 5.75 Å². The van der Waals surface area contributed by atoms with Crippen LogP contribution in [0.3, 0.4) is 0 Å². The summed E-state index contributed by atoms with van der Waals surface area (Å²) in [6.07, 6.45) is 4.20. The molecular formula is C15H17BrN2O2. The van der Waals surface area contributed by atoms with Gasteiger partial charge in [-0.1, -0.05) is 22.4 Å². The van der Waals surface area contributed by atoms with Crippen molar-refractivity contribution in [3.05, 3.63) is 27.7 Å². The third-order valence-corrected chi connectivity index (χ3v) is 4.99. The van der Waals surface area contributed by atoms with E-state index in [1.54, 1.807) is 0 Å². The van der Waals surface area contributed by atoms with Gasteiger partial charge in [0, 0.05) is 23.0 Å². The quantitative estimate of drug-likeness (QED) is 0.856. The fourth-order valence-corrected chi connectivity index (χ4v) is 4.14. The summed E-state index contributed by atoms with van der Waals surface area (Å²) in [6.45, 7) is 1.72. The molecule has 0 saturated carbocycles. The number of piperidine rings is 1. The van der Waals surface area contributed by atoms with Gasteiger partial charge >= 0.3 is 0 Å². The second kappa shape index (κ2) is 4.74. The van der Waals surface area contributed by atoms with Crippen molar-refractivity contribution in [1.29, 1.82) is 0 Å². The fourth-order valence-electron chi connectivity index (χ4n) is 3.62. The van der Waals surface area contributed by atoms with Crippen LogP contribution >= 0.6 is 15.9 Å². The molecule has 0 aromatic heterocycles.